The van der Waals surface area contributed by atoms with Crippen LogP contribution in [0.15, 0.2) is 30.3 Å². The van der Waals surface area contributed by atoms with Gasteiger partial charge in [-0.25, -0.2) is 0 Å². The van der Waals surface area contributed by atoms with E-state index in [1.54, 1.807) is 0 Å². The van der Waals surface area contributed by atoms with Crippen molar-refractivity contribution in [1.82, 2.24) is 4.90 Å². The molecule has 0 spiro atoms. The number of nitrogens with two attached hydrogens (primary N) is 1. The first-order valence-electron chi connectivity index (χ1n) is 7.83. The molecule has 0 saturated heterocycles. The van der Waals surface area contributed by atoms with Gasteiger partial charge in [0.1, 0.15) is 0 Å². The van der Waals surface area contributed by atoms with Crippen molar-refractivity contribution in [2.24, 2.45) is 11.7 Å². The summed E-state index contributed by atoms with van der Waals surface area (Å²) in [7, 11) is 0. The molecule has 2 N–H and O–H groups in total. The molecule has 0 bridgehead atoms. The second-order valence-corrected chi connectivity index (χ2v) is 5.75. The molecule has 19 heavy (non-hydrogen) atoms. The van der Waals surface area contributed by atoms with Gasteiger partial charge in [0.15, 0.2) is 0 Å². The van der Waals surface area contributed by atoms with Gasteiger partial charge >= 0.3 is 0 Å². The molecule has 1 aromatic rings. The Morgan fingerprint density at radius 3 is 2.53 bits per heavy atom. The molecule has 2 nitrogen and oxygen atoms in total. The Morgan fingerprint density at radius 1 is 1.11 bits per heavy atom. The Hall–Kier alpha value is -0.860. The highest BCUT2D eigenvalue weighted by Gasteiger charge is 2.27. The van der Waals surface area contributed by atoms with Crippen molar-refractivity contribution in [2.75, 3.05) is 13.1 Å². The fourth-order valence-corrected chi connectivity index (χ4v) is 3.40. The second kappa shape index (κ2) is 7.66. The van der Waals surface area contributed by atoms with E-state index >= 15 is 0 Å². The monoisotopic (exact) mass is 260 g/mol. The number of rotatable bonds is 5. The highest BCUT2D eigenvalue weighted by atomic mass is 15.2. The van der Waals surface area contributed by atoms with Crippen molar-refractivity contribution in [3.63, 3.8) is 0 Å². The highest BCUT2D eigenvalue weighted by Crippen LogP contribution is 2.27. The Kier molecular flexibility index (Phi) is 5.87. The van der Waals surface area contributed by atoms with Gasteiger partial charge in [-0.3, -0.25) is 4.90 Å². The van der Waals surface area contributed by atoms with E-state index in [-0.39, 0.29) is 0 Å². The Balaban J connectivity index is 2.05. The molecule has 0 radical (unpaired) electrons. The van der Waals surface area contributed by atoms with Crippen LogP contribution in [0.1, 0.15) is 44.6 Å². The summed E-state index contributed by atoms with van der Waals surface area (Å²) >= 11 is 0. The number of hydrogen-bond donors (Lipinski definition) is 1. The molecule has 0 amide bonds. The second-order valence-electron chi connectivity index (χ2n) is 5.75. The van der Waals surface area contributed by atoms with Crippen LogP contribution in [0.25, 0.3) is 0 Å². The Bertz CT molecular complexity index is 350. The minimum absolute atomic E-state index is 0.678. The van der Waals surface area contributed by atoms with Crippen LogP contribution in [0.4, 0.5) is 0 Å². The lowest BCUT2D eigenvalue weighted by Gasteiger charge is -2.35. The Morgan fingerprint density at radius 2 is 1.84 bits per heavy atom. The zero-order valence-electron chi connectivity index (χ0n) is 12.2. The third-order valence-electron chi connectivity index (χ3n) is 4.53. The van der Waals surface area contributed by atoms with E-state index in [9.17, 15) is 0 Å². The smallest absolute Gasteiger partial charge is 0.0236 e. The van der Waals surface area contributed by atoms with Gasteiger partial charge in [-0.15, -0.1) is 0 Å². The van der Waals surface area contributed by atoms with Gasteiger partial charge in [0.2, 0.25) is 0 Å². The fraction of sp³-hybridized carbons (Fsp3) is 0.647. The van der Waals surface area contributed by atoms with Crippen molar-refractivity contribution in [1.29, 1.82) is 0 Å². The first-order chi connectivity index (χ1) is 9.35. The quantitative estimate of drug-likeness (QED) is 0.822. The molecular formula is C17H28N2. The molecule has 1 fully saturated rings. The molecule has 2 heteroatoms. The van der Waals surface area contributed by atoms with Crippen molar-refractivity contribution in [3.8, 4) is 0 Å². The number of hydrogen-bond acceptors (Lipinski definition) is 2. The maximum Gasteiger partial charge on any atom is 0.0236 e. The molecule has 2 rings (SSSR count). The van der Waals surface area contributed by atoms with Crippen LogP contribution >= 0.6 is 0 Å². The molecule has 1 aliphatic rings. The molecule has 1 aliphatic carbocycles. The van der Waals surface area contributed by atoms with Crippen molar-refractivity contribution >= 4 is 0 Å². The third kappa shape index (κ3) is 4.05. The van der Waals surface area contributed by atoms with Crippen molar-refractivity contribution in [3.05, 3.63) is 35.9 Å². The van der Waals surface area contributed by atoms with Crippen LogP contribution in [-0.4, -0.2) is 24.0 Å². The van der Waals surface area contributed by atoms with Crippen molar-refractivity contribution < 1.29 is 0 Å². The van der Waals surface area contributed by atoms with Crippen LogP contribution in [0.2, 0.25) is 0 Å². The van der Waals surface area contributed by atoms with E-state index in [0.29, 0.717) is 12.0 Å². The minimum atomic E-state index is 0.678. The molecule has 0 aromatic heterocycles. The molecule has 2 atom stereocenters. The topological polar surface area (TPSA) is 29.3 Å². The summed E-state index contributed by atoms with van der Waals surface area (Å²) in [5.74, 6) is 0.686. The normalized spacial score (nSPS) is 24.4. The predicted molar refractivity (Wildman–Crippen MR) is 81.9 cm³/mol. The molecule has 0 heterocycles. The van der Waals surface area contributed by atoms with Crippen LogP contribution < -0.4 is 5.73 Å². The van der Waals surface area contributed by atoms with Crippen LogP contribution in [0.3, 0.4) is 0 Å². The average Bonchev–Trinajstić information content (AvgIpc) is 2.71. The van der Waals surface area contributed by atoms with E-state index < -0.39 is 0 Å². The molecule has 1 aromatic carbocycles. The molecular weight excluding hydrogens is 232 g/mol. The maximum absolute atomic E-state index is 6.02. The summed E-state index contributed by atoms with van der Waals surface area (Å²) in [4.78, 5) is 2.64. The lowest BCUT2D eigenvalue weighted by atomic mass is 9.93. The van der Waals surface area contributed by atoms with Gasteiger partial charge in [-0.05, 0) is 37.4 Å². The standard InChI is InChI=1S/C17H28N2/c1-2-19(14-15-9-5-3-6-10-15)17-12-8-4-7-11-16(17)13-18/h3,5-6,9-10,16-17H,2,4,7-8,11-14,18H2,1H3. The summed E-state index contributed by atoms with van der Waals surface area (Å²) in [5, 5.41) is 0. The first-order valence-corrected chi connectivity index (χ1v) is 7.83. The maximum atomic E-state index is 6.02. The van der Waals surface area contributed by atoms with E-state index in [4.69, 9.17) is 5.73 Å². The lowest BCUT2D eigenvalue weighted by Crippen LogP contribution is -2.42. The predicted octanol–water partition coefficient (Wildman–Crippen LogP) is 3.42. The molecule has 1 saturated carbocycles. The summed E-state index contributed by atoms with van der Waals surface area (Å²) in [5.41, 5.74) is 7.44. The van der Waals surface area contributed by atoms with Gasteiger partial charge in [0.05, 0.1) is 0 Å². The molecule has 2 unspecified atom stereocenters. The summed E-state index contributed by atoms with van der Waals surface area (Å²) in [6.45, 7) is 5.31. The highest BCUT2D eigenvalue weighted by molar-refractivity contribution is 5.14. The van der Waals surface area contributed by atoms with Gasteiger partial charge in [-0.1, -0.05) is 56.5 Å². The van der Waals surface area contributed by atoms with Crippen LogP contribution in [0.5, 0.6) is 0 Å². The van der Waals surface area contributed by atoms with E-state index in [0.717, 1.165) is 19.6 Å². The van der Waals surface area contributed by atoms with Crippen LogP contribution in [-0.2, 0) is 6.54 Å². The zero-order valence-corrected chi connectivity index (χ0v) is 12.2. The lowest BCUT2D eigenvalue weighted by molar-refractivity contribution is 0.134. The van der Waals surface area contributed by atoms with Crippen LogP contribution in [0, 0.1) is 5.92 Å². The molecule has 106 valence electrons. The Labute approximate surface area is 118 Å². The van der Waals surface area contributed by atoms with E-state index in [1.807, 2.05) is 0 Å². The first kappa shape index (κ1) is 14.5. The largest absolute Gasteiger partial charge is 0.330 e. The van der Waals surface area contributed by atoms with Gasteiger partial charge in [-0.2, -0.15) is 0 Å². The van der Waals surface area contributed by atoms with E-state index in [2.05, 4.69) is 42.2 Å². The van der Waals surface area contributed by atoms with Crippen molar-refractivity contribution in [2.45, 2.75) is 51.6 Å². The zero-order chi connectivity index (χ0) is 13.5. The van der Waals surface area contributed by atoms with Gasteiger partial charge in [0.25, 0.3) is 0 Å². The number of nitrogens with zero attached hydrogens (tertiary/aromatic N) is 1. The SMILES string of the molecule is CCN(Cc1ccccc1)C1CCCCCC1CN. The van der Waals surface area contributed by atoms with Gasteiger partial charge in [0, 0.05) is 12.6 Å². The minimum Gasteiger partial charge on any atom is -0.330 e. The number of benzene rings is 1. The molecule has 0 aliphatic heterocycles. The average molecular weight is 260 g/mol. The fourth-order valence-electron chi connectivity index (χ4n) is 3.40. The summed E-state index contributed by atoms with van der Waals surface area (Å²) < 4.78 is 0. The van der Waals surface area contributed by atoms with Gasteiger partial charge < -0.3 is 5.73 Å². The third-order valence-corrected chi connectivity index (χ3v) is 4.53. The van der Waals surface area contributed by atoms with E-state index in [1.165, 1.54) is 37.7 Å². The summed E-state index contributed by atoms with van der Waals surface area (Å²) in [6.07, 6.45) is 6.75. The summed E-state index contributed by atoms with van der Waals surface area (Å²) in [6, 6.07) is 11.5.